The highest BCUT2D eigenvalue weighted by Gasteiger charge is 2.15. The van der Waals surface area contributed by atoms with E-state index in [0.29, 0.717) is 30.8 Å². The predicted octanol–water partition coefficient (Wildman–Crippen LogP) is 2.02. The van der Waals surface area contributed by atoms with Crippen LogP contribution in [0.1, 0.15) is 35.2 Å². The normalized spacial score (nSPS) is 10.5. The second-order valence-electron chi connectivity index (χ2n) is 3.81. The maximum atomic E-state index is 10.8. The quantitative estimate of drug-likeness (QED) is 0.817. The number of nitrogens with zero attached hydrogens (tertiary/aromatic N) is 2. The Balaban J connectivity index is 2.70. The topological polar surface area (TPSA) is 77.5 Å². The molecule has 5 nitrogen and oxygen atoms in total. The lowest BCUT2D eigenvalue weighted by molar-refractivity contribution is 0.0657. The minimum absolute atomic E-state index is 0.00339. The van der Waals surface area contributed by atoms with E-state index in [1.54, 1.807) is 13.0 Å². The van der Waals surface area contributed by atoms with Crippen LogP contribution in [-0.2, 0) is 6.54 Å². The van der Waals surface area contributed by atoms with Crippen molar-refractivity contribution in [2.24, 2.45) is 0 Å². The van der Waals surface area contributed by atoms with Gasteiger partial charge in [0.05, 0.1) is 12.6 Å². The Kier molecular flexibility index (Phi) is 4.73. The Morgan fingerprint density at radius 3 is 2.82 bits per heavy atom. The monoisotopic (exact) mass is 236 g/mol. The summed E-state index contributed by atoms with van der Waals surface area (Å²) in [4.78, 5) is 12.8. The summed E-state index contributed by atoms with van der Waals surface area (Å²) in [5, 5.41) is 17.4. The van der Waals surface area contributed by atoms with Crippen molar-refractivity contribution in [1.29, 1.82) is 5.26 Å². The SMILES string of the molecule is CCN(CCC#N)Cc1cc(C)c(C(=O)O)o1. The molecule has 0 saturated heterocycles. The standard InChI is InChI=1S/C12H16N2O3/c1-3-14(6-4-5-13)8-10-7-9(2)11(17-10)12(15)16/h7H,3-4,6,8H2,1-2H3,(H,15,16). The summed E-state index contributed by atoms with van der Waals surface area (Å²) in [5.41, 5.74) is 0.629. The van der Waals surface area contributed by atoms with Gasteiger partial charge in [-0.25, -0.2) is 4.79 Å². The van der Waals surface area contributed by atoms with Gasteiger partial charge in [0.1, 0.15) is 5.76 Å². The summed E-state index contributed by atoms with van der Waals surface area (Å²) in [6.07, 6.45) is 0.458. The summed E-state index contributed by atoms with van der Waals surface area (Å²) in [6, 6.07) is 3.82. The van der Waals surface area contributed by atoms with Gasteiger partial charge in [0, 0.05) is 18.5 Å². The van der Waals surface area contributed by atoms with Gasteiger partial charge in [-0.3, -0.25) is 4.90 Å². The number of furan rings is 1. The molecule has 0 bridgehead atoms. The molecular formula is C12H16N2O3. The number of hydrogen-bond donors (Lipinski definition) is 1. The van der Waals surface area contributed by atoms with Crippen molar-refractivity contribution >= 4 is 5.97 Å². The fourth-order valence-electron chi connectivity index (χ4n) is 1.62. The third kappa shape index (κ3) is 3.61. The van der Waals surface area contributed by atoms with E-state index in [-0.39, 0.29) is 5.76 Å². The molecule has 0 saturated carbocycles. The average molecular weight is 236 g/mol. The molecule has 0 amide bonds. The third-order valence-corrected chi connectivity index (χ3v) is 2.53. The van der Waals surface area contributed by atoms with Crippen LogP contribution in [0.2, 0.25) is 0 Å². The van der Waals surface area contributed by atoms with Crippen LogP contribution < -0.4 is 0 Å². The molecule has 0 spiro atoms. The molecule has 1 aromatic rings. The number of carboxylic acid groups (broad SMARTS) is 1. The van der Waals surface area contributed by atoms with Gasteiger partial charge in [0.25, 0.3) is 0 Å². The van der Waals surface area contributed by atoms with Gasteiger partial charge >= 0.3 is 5.97 Å². The Labute approximate surface area is 100 Å². The number of carbonyl (C=O) groups is 1. The Bertz CT molecular complexity index is 431. The Morgan fingerprint density at radius 1 is 1.65 bits per heavy atom. The molecule has 5 heteroatoms. The van der Waals surface area contributed by atoms with E-state index in [1.807, 2.05) is 11.8 Å². The second-order valence-corrected chi connectivity index (χ2v) is 3.81. The predicted molar refractivity (Wildman–Crippen MR) is 61.6 cm³/mol. The first-order valence-corrected chi connectivity index (χ1v) is 5.50. The van der Waals surface area contributed by atoms with Crippen LogP contribution in [-0.4, -0.2) is 29.1 Å². The lowest BCUT2D eigenvalue weighted by Crippen LogP contribution is -2.23. The number of aromatic carboxylic acids is 1. The van der Waals surface area contributed by atoms with Crippen molar-refractivity contribution in [2.45, 2.75) is 26.8 Å². The van der Waals surface area contributed by atoms with Gasteiger partial charge in [-0.2, -0.15) is 5.26 Å². The van der Waals surface area contributed by atoms with E-state index < -0.39 is 5.97 Å². The molecule has 1 rings (SSSR count). The lowest BCUT2D eigenvalue weighted by atomic mass is 10.2. The largest absolute Gasteiger partial charge is 0.475 e. The van der Waals surface area contributed by atoms with Crippen molar-refractivity contribution in [3.05, 3.63) is 23.2 Å². The zero-order chi connectivity index (χ0) is 12.8. The molecule has 1 heterocycles. The summed E-state index contributed by atoms with van der Waals surface area (Å²) >= 11 is 0. The van der Waals surface area contributed by atoms with Crippen LogP contribution in [0.5, 0.6) is 0 Å². The molecule has 0 atom stereocenters. The Morgan fingerprint density at radius 2 is 2.35 bits per heavy atom. The van der Waals surface area contributed by atoms with E-state index in [2.05, 4.69) is 6.07 Å². The fourth-order valence-corrected chi connectivity index (χ4v) is 1.62. The number of nitriles is 1. The van der Waals surface area contributed by atoms with Crippen LogP contribution in [0.15, 0.2) is 10.5 Å². The first kappa shape index (κ1) is 13.3. The lowest BCUT2D eigenvalue weighted by Gasteiger charge is -2.16. The molecular weight excluding hydrogens is 220 g/mol. The molecule has 0 aliphatic carbocycles. The van der Waals surface area contributed by atoms with E-state index in [9.17, 15) is 4.79 Å². The highest BCUT2D eigenvalue weighted by molar-refractivity contribution is 5.86. The van der Waals surface area contributed by atoms with Crippen molar-refractivity contribution in [2.75, 3.05) is 13.1 Å². The molecule has 1 N–H and O–H groups in total. The van der Waals surface area contributed by atoms with E-state index in [0.717, 1.165) is 6.54 Å². The minimum atomic E-state index is -1.05. The summed E-state index contributed by atoms with van der Waals surface area (Å²) in [7, 11) is 0. The molecule has 92 valence electrons. The number of rotatable bonds is 6. The van der Waals surface area contributed by atoms with Crippen LogP contribution in [0.3, 0.4) is 0 Å². The molecule has 0 aliphatic heterocycles. The van der Waals surface area contributed by atoms with Crippen molar-refractivity contribution in [3.8, 4) is 6.07 Å². The van der Waals surface area contributed by atoms with Gasteiger partial charge in [0.2, 0.25) is 5.76 Å². The molecule has 17 heavy (non-hydrogen) atoms. The second kappa shape index (κ2) is 6.06. The first-order valence-electron chi connectivity index (χ1n) is 5.50. The smallest absolute Gasteiger partial charge is 0.372 e. The first-order chi connectivity index (χ1) is 8.08. The maximum absolute atomic E-state index is 10.8. The van der Waals surface area contributed by atoms with Crippen LogP contribution in [0.25, 0.3) is 0 Å². The number of carboxylic acids is 1. The van der Waals surface area contributed by atoms with Gasteiger partial charge in [-0.05, 0) is 19.5 Å². The summed E-state index contributed by atoms with van der Waals surface area (Å²) < 4.78 is 5.26. The van der Waals surface area contributed by atoms with E-state index >= 15 is 0 Å². The van der Waals surface area contributed by atoms with Gasteiger partial charge in [0.15, 0.2) is 0 Å². The van der Waals surface area contributed by atoms with Gasteiger partial charge in [-0.15, -0.1) is 0 Å². The van der Waals surface area contributed by atoms with Gasteiger partial charge in [-0.1, -0.05) is 6.92 Å². The fraction of sp³-hybridized carbons (Fsp3) is 0.500. The van der Waals surface area contributed by atoms with Crippen LogP contribution in [0.4, 0.5) is 0 Å². The number of hydrogen-bond acceptors (Lipinski definition) is 4. The summed E-state index contributed by atoms with van der Waals surface area (Å²) in [6.45, 7) is 5.69. The van der Waals surface area contributed by atoms with E-state index in [1.165, 1.54) is 0 Å². The maximum Gasteiger partial charge on any atom is 0.372 e. The minimum Gasteiger partial charge on any atom is -0.475 e. The van der Waals surface area contributed by atoms with Gasteiger partial charge < -0.3 is 9.52 Å². The van der Waals surface area contributed by atoms with Crippen molar-refractivity contribution in [1.82, 2.24) is 4.90 Å². The summed E-state index contributed by atoms with van der Waals surface area (Å²) in [5.74, 6) is -0.426. The molecule has 0 aliphatic rings. The van der Waals surface area contributed by atoms with Crippen molar-refractivity contribution < 1.29 is 14.3 Å². The molecule has 0 radical (unpaired) electrons. The zero-order valence-corrected chi connectivity index (χ0v) is 10.1. The highest BCUT2D eigenvalue weighted by atomic mass is 16.4. The Hall–Kier alpha value is -1.80. The molecule has 0 fully saturated rings. The zero-order valence-electron chi connectivity index (χ0n) is 10.1. The number of aryl methyl sites for hydroxylation is 1. The highest BCUT2D eigenvalue weighted by Crippen LogP contribution is 2.16. The van der Waals surface area contributed by atoms with E-state index in [4.69, 9.17) is 14.8 Å². The van der Waals surface area contributed by atoms with Crippen LogP contribution >= 0.6 is 0 Å². The van der Waals surface area contributed by atoms with Crippen molar-refractivity contribution in [3.63, 3.8) is 0 Å². The average Bonchev–Trinajstić information content (AvgIpc) is 2.65. The molecule has 0 aromatic carbocycles. The third-order valence-electron chi connectivity index (χ3n) is 2.53. The molecule has 0 unspecified atom stereocenters. The van der Waals surface area contributed by atoms with Crippen LogP contribution in [0, 0.1) is 18.3 Å². The molecule has 1 aromatic heterocycles.